The van der Waals surface area contributed by atoms with Crippen LogP contribution in [0.2, 0.25) is 0 Å². The van der Waals surface area contributed by atoms with Crippen molar-refractivity contribution in [1.29, 1.82) is 0 Å². The zero-order chi connectivity index (χ0) is 17.1. The Bertz CT molecular complexity index is 513. The van der Waals surface area contributed by atoms with Crippen LogP contribution in [0, 0.1) is 6.92 Å². The number of carbonyl (C=O) groups is 1. The van der Waals surface area contributed by atoms with E-state index in [4.69, 9.17) is 0 Å². The minimum Gasteiger partial charge on any atom is -0.357 e. The van der Waals surface area contributed by atoms with Gasteiger partial charge < -0.3 is 16.0 Å². The first-order valence-corrected chi connectivity index (χ1v) is 8.42. The molecule has 1 aromatic rings. The van der Waals surface area contributed by atoms with Crippen LogP contribution in [0.1, 0.15) is 44.7 Å². The summed E-state index contributed by atoms with van der Waals surface area (Å²) in [6.45, 7) is 10.2. The molecule has 0 heterocycles. The molecule has 0 aliphatic carbocycles. The van der Waals surface area contributed by atoms with E-state index in [1.54, 1.807) is 0 Å². The van der Waals surface area contributed by atoms with Gasteiger partial charge in [0.1, 0.15) is 0 Å². The lowest BCUT2D eigenvalue weighted by Gasteiger charge is -2.13. The molecule has 1 rings (SSSR count). The Morgan fingerprint density at radius 3 is 2.61 bits per heavy atom. The molecule has 1 unspecified atom stereocenters. The van der Waals surface area contributed by atoms with Crippen molar-refractivity contribution in [3.63, 3.8) is 0 Å². The molecule has 128 valence electrons. The van der Waals surface area contributed by atoms with E-state index in [2.05, 4.69) is 46.9 Å². The Morgan fingerprint density at radius 1 is 1.22 bits per heavy atom. The maximum atomic E-state index is 11.8. The van der Waals surface area contributed by atoms with E-state index in [-0.39, 0.29) is 11.9 Å². The number of nitrogens with one attached hydrogen (secondary N) is 3. The van der Waals surface area contributed by atoms with Crippen LogP contribution < -0.4 is 16.0 Å². The quantitative estimate of drug-likeness (QED) is 0.509. The topological polar surface area (TPSA) is 65.5 Å². The van der Waals surface area contributed by atoms with Gasteiger partial charge in [0.2, 0.25) is 5.91 Å². The smallest absolute Gasteiger partial charge is 0.221 e. The molecule has 1 atom stereocenters. The van der Waals surface area contributed by atoms with E-state index < -0.39 is 0 Å². The summed E-state index contributed by atoms with van der Waals surface area (Å²) >= 11 is 0. The van der Waals surface area contributed by atoms with E-state index in [0.29, 0.717) is 19.5 Å². The minimum absolute atomic E-state index is 0.0709. The number of aliphatic imine (C=N–C) groups is 1. The Hall–Kier alpha value is -2.04. The number of carbonyl (C=O) groups excluding carboxylic acids is 1. The van der Waals surface area contributed by atoms with E-state index in [1.165, 1.54) is 11.1 Å². The average Bonchev–Trinajstić information content (AvgIpc) is 2.53. The van der Waals surface area contributed by atoms with E-state index in [9.17, 15) is 4.79 Å². The van der Waals surface area contributed by atoms with E-state index in [1.807, 2.05) is 26.0 Å². The van der Waals surface area contributed by atoms with Crippen LogP contribution in [0.25, 0.3) is 0 Å². The molecule has 0 radical (unpaired) electrons. The number of guanidine groups is 1. The molecule has 23 heavy (non-hydrogen) atoms. The van der Waals surface area contributed by atoms with E-state index in [0.717, 1.165) is 18.9 Å². The van der Waals surface area contributed by atoms with Gasteiger partial charge in [0.05, 0.1) is 6.54 Å². The van der Waals surface area contributed by atoms with Crippen LogP contribution in [0.4, 0.5) is 0 Å². The predicted octanol–water partition coefficient (Wildman–Crippen LogP) is 2.35. The van der Waals surface area contributed by atoms with Gasteiger partial charge in [0, 0.05) is 25.6 Å². The van der Waals surface area contributed by atoms with Crippen molar-refractivity contribution in [2.45, 2.75) is 53.1 Å². The number of nitrogens with zero attached hydrogens (tertiary/aromatic N) is 1. The third kappa shape index (κ3) is 7.68. The van der Waals surface area contributed by atoms with Gasteiger partial charge in [-0.15, -0.1) is 0 Å². The van der Waals surface area contributed by atoms with Gasteiger partial charge in [-0.05, 0) is 38.3 Å². The maximum Gasteiger partial charge on any atom is 0.221 e. The highest BCUT2D eigenvalue weighted by molar-refractivity contribution is 5.81. The van der Waals surface area contributed by atoms with Gasteiger partial charge in [-0.25, -0.2) is 4.99 Å². The molecule has 0 saturated carbocycles. The molecule has 1 aromatic carbocycles. The maximum absolute atomic E-state index is 11.8. The summed E-state index contributed by atoms with van der Waals surface area (Å²) in [5.41, 5.74) is 2.44. The van der Waals surface area contributed by atoms with Crippen molar-refractivity contribution in [3.8, 4) is 0 Å². The molecule has 0 bridgehead atoms. The lowest BCUT2D eigenvalue weighted by Crippen LogP contribution is -2.40. The van der Waals surface area contributed by atoms with Crippen molar-refractivity contribution in [3.05, 3.63) is 35.4 Å². The molecule has 0 spiro atoms. The molecule has 1 amide bonds. The second-order valence-corrected chi connectivity index (χ2v) is 5.68. The van der Waals surface area contributed by atoms with Crippen LogP contribution in [0.15, 0.2) is 29.3 Å². The minimum atomic E-state index is 0.0709. The highest BCUT2D eigenvalue weighted by Gasteiger charge is 2.05. The number of amides is 1. The fourth-order valence-corrected chi connectivity index (χ4v) is 2.04. The fourth-order valence-electron chi connectivity index (χ4n) is 2.04. The van der Waals surface area contributed by atoms with Crippen molar-refractivity contribution < 1.29 is 4.79 Å². The lowest BCUT2D eigenvalue weighted by atomic mass is 10.1. The van der Waals surface area contributed by atoms with Crippen molar-refractivity contribution in [2.24, 2.45) is 4.99 Å². The molecule has 0 aromatic heterocycles. The zero-order valence-electron chi connectivity index (χ0n) is 14.8. The molecule has 0 fully saturated rings. The predicted molar refractivity (Wildman–Crippen MR) is 96.5 cm³/mol. The normalized spacial score (nSPS) is 12.6. The molecule has 0 saturated heterocycles. The third-order valence-corrected chi connectivity index (χ3v) is 3.68. The summed E-state index contributed by atoms with van der Waals surface area (Å²) in [4.78, 5) is 16.3. The summed E-state index contributed by atoms with van der Waals surface area (Å²) in [5, 5.41) is 9.38. The molecule has 5 heteroatoms. The Balaban J connectivity index is 2.47. The van der Waals surface area contributed by atoms with Gasteiger partial charge in [-0.2, -0.15) is 0 Å². The molecule has 0 aliphatic heterocycles. The number of hydrogen-bond donors (Lipinski definition) is 3. The number of benzene rings is 1. The first kappa shape index (κ1) is 19.0. The first-order valence-electron chi connectivity index (χ1n) is 8.42. The fraction of sp³-hybridized carbons (Fsp3) is 0.556. The Labute approximate surface area is 140 Å². The molecule has 5 nitrogen and oxygen atoms in total. The first-order chi connectivity index (χ1) is 11.1. The van der Waals surface area contributed by atoms with Crippen LogP contribution in [0.5, 0.6) is 0 Å². The summed E-state index contributed by atoms with van der Waals surface area (Å²) in [6.07, 6.45) is 1.39. The van der Waals surface area contributed by atoms with Gasteiger partial charge >= 0.3 is 0 Å². The Kier molecular flexibility index (Phi) is 8.80. The second-order valence-electron chi connectivity index (χ2n) is 5.68. The van der Waals surface area contributed by atoms with Crippen LogP contribution in [0.3, 0.4) is 0 Å². The van der Waals surface area contributed by atoms with Gasteiger partial charge in [-0.1, -0.05) is 31.2 Å². The standard InChI is InChI=1S/C18H30N4O/c1-5-15(4)22-17(23)11-12-20-18(19-6-2)21-13-16-10-8-7-9-14(16)3/h7-10,15H,5-6,11-13H2,1-4H3,(H,22,23)(H2,19,20,21). The zero-order valence-corrected chi connectivity index (χ0v) is 14.8. The van der Waals surface area contributed by atoms with Crippen LogP contribution in [-0.4, -0.2) is 31.0 Å². The van der Waals surface area contributed by atoms with Gasteiger partial charge in [0.25, 0.3) is 0 Å². The third-order valence-electron chi connectivity index (χ3n) is 3.68. The monoisotopic (exact) mass is 318 g/mol. The molecule has 3 N–H and O–H groups in total. The number of hydrogen-bond acceptors (Lipinski definition) is 2. The lowest BCUT2D eigenvalue weighted by molar-refractivity contribution is -0.121. The summed E-state index contributed by atoms with van der Waals surface area (Å²) in [6, 6.07) is 8.46. The number of rotatable bonds is 8. The van der Waals surface area contributed by atoms with Crippen molar-refractivity contribution in [1.82, 2.24) is 16.0 Å². The number of aryl methyl sites for hydroxylation is 1. The second kappa shape index (κ2) is 10.6. The van der Waals surface area contributed by atoms with E-state index >= 15 is 0 Å². The molecular weight excluding hydrogens is 288 g/mol. The van der Waals surface area contributed by atoms with Gasteiger partial charge in [-0.3, -0.25) is 4.79 Å². The van der Waals surface area contributed by atoms with Crippen molar-refractivity contribution in [2.75, 3.05) is 13.1 Å². The van der Waals surface area contributed by atoms with Crippen LogP contribution >= 0.6 is 0 Å². The summed E-state index contributed by atoms with van der Waals surface area (Å²) < 4.78 is 0. The van der Waals surface area contributed by atoms with Crippen LogP contribution in [-0.2, 0) is 11.3 Å². The highest BCUT2D eigenvalue weighted by Crippen LogP contribution is 2.07. The summed E-state index contributed by atoms with van der Waals surface area (Å²) in [7, 11) is 0. The molecular formula is C18H30N4O. The summed E-state index contributed by atoms with van der Waals surface area (Å²) in [5.74, 6) is 0.814. The SMILES string of the molecule is CCNC(=NCc1ccccc1C)NCCC(=O)NC(C)CC. The highest BCUT2D eigenvalue weighted by atomic mass is 16.1. The Morgan fingerprint density at radius 2 is 1.96 bits per heavy atom. The average molecular weight is 318 g/mol. The van der Waals surface area contributed by atoms with Crippen molar-refractivity contribution >= 4 is 11.9 Å². The van der Waals surface area contributed by atoms with Gasteiger partial charge in [0.15, 0.2) is 5.96 Å². The molecule has 0 aliphatic rings. The largest absolute Gasteiger partial charge is 0.357 e.